The minimum Gasteiger partial charge on any atom is -0.399 e. The summed E-state index contributed by atoms with van der Waals surface area (Å²) in [6.07, 6.45) is 2.98. The molecule has 102 valence electrons. The topological polar surface area (TPSA) is 94.0 Å². The van der Waals surface area contributed by atoms with Crippen LogP contribution in [0.4, 0.5) is 17.2 Å². The molecule has 0 atom stereocenters. The van der Waals surface area contributed by atoms with E-state index in [2.05, 4.69) is 10.3 Å². The van der Waals surface area contributed by atoms with Gasteiger partial charge in [-0.15, -0.1) is 0 Å². The number of fused-ring (bicyclic) bond motifs is 1. The number of nitrogens with one attached hydrogen (secondary N) is 1. The van der Waals surface area contributed by atoms with E-state index in [0.29, 0.717) is 17.1 Å². The van der Waals surface area contributed by atoms with Crippen molar-refractivity contribution in [2.75, 3.05) is 11.1 Å². The van der Waals surface area contributed by atoms with Crippen molar-refractivity contribution < 1.29 is 4.79 Å². The smallest absolute Gasteiger partial charge is 0.252 e. The second-order valence-electron chi connectivity index (χ2n) is 4.96. The van der Waals surface area contributed by atoms with Crippen LogP contribution in [-0.4, -0.2) is 10.9 Å². The Labute approximate surface area is 117 Å². The SMILES string of the molecule is NC(=O)c1cc2c(nc1Nc1cccc(N)c1)CCC2. The minimum atomic E-state index is -0.474. The molecule has 1 aliphatic rings. The lowest BCUT2D eigenvalue weighted by Gasteiger charge is -2.12. The van der Waals surface area contributed by atoms with Crippen LogP contribution in [0.15, 0.2) is 30.3 Å². The Morgan fingerprint density at radius 1 is 1.25 bits per heavy atom. The molecule has 0 radical (unpaired) electrons. The van der Waals surface area contributed by atoms with E-state index >= 15 is 0 Å². The first-order valence-corrected chi connectivity index (χ1v) is 6.58. The molecule has 0 spiro atoms. The quantitative estimate of drug-likeness (QED) is 0.742. The number of primary amides is 1. The van der Waals surface area contributed by atoms with Gasteiger partial charge in [0.25, 0.3) is 5.91 Å². The van der Waals surface area contributed by atoms with E-state index in [4.69, 9.17) is 11.5 Å². The fraction of sp³-hybridized carbons (Fsp3) is 0.200. The van der Waals surface area contributed by atoms with Gasteiger partial charge in [0.1, 0.15) is 5.82 Å². The lowest BCUT2D eigenvalue weighted by molar-refractivity contribution is 0.100. The van der Waals surface area contributed by atoms with E-state index in [0.717, 1.165) is 36.2 Å². The Morgan fingerprint density at radius 2 is 2.10 bits per heavy atom. The van der Waals surface area contributed by atoms with E-state index in [1.807, 2.05) is 18.2 Å². The van der Waals surface area contributed by atoms with Crippen LogP contribution in [0.1, 0.15) is 28.0 Å². The van der Waals surface area contributed by atoms with Crippen LogP contribution in [0.2, 0.25) is 0 Å². The lowest BCUT2D eigenvalue weighted by atomic mass is 10.1. The van der Waals surface area contributed by atoms with Crippen molar-refractivity contribution in [2.24, 2.45) is 5.73 Å². The number of aryl methyl sites for hydroxylation is 2. The van der Waals surface area contributed by atoms with Gasteiger partial charge in [0.15, 0.2) is 0 Å². The fourth-order valence-electron chi connectivity index (χ4n) is 2.51. The van der Waals surface area contributed by atoms with E-state index < -0.39 is 5.91 Å². The summed E-state index contributed by atoms with van der Waals surface area (Å²) in [4.78, 5) is 16.1. The molecule has 5 nitrogen and oxygen atoms in total. The Kier molecular flexibility index (Phi) is 3.02. The van der Waals surface area contributed by atoms with Crippen LogP contribution in [0.25, 0.3) is 0 Å². The molecule has 3 rings (SSSR count). The number of carbonyl (C=O) groups is 1. The molecule has 1 aliphatic carbocycles. The Bertz CT molecular complexity index is 682. The summed E-state index contributed by atoms with van der Waals surface area (Å²) in [7, 11) is 0. The molecule has 0 saturated carbocycles. The number of amides is 1. The Hall–Kier alpha value is -2.56. The van der Waals surface area contributed by atoms with Crippen molar-refractivity contribution in [1.82, 2.24) is 4.98 Å². The highest BCUT2D eigenvalue weighted by atomic mass is 16.1. The zero-order chi connectivity index (χ0) is 14.1. The third kappa shape index (κ3) is 2.30. The number of nitrogens with zero attached hydrogens (tertiary/aromatic N) is 1. The van der Waals surface area contributed by atoms with Gasteiger partial charge in [0.05, 0.1) is 5.56 Å². The second kappa shape index (κ2) is 4.85. The van der Waals surface area contributed by atoms with Gasteiger partial charge in [-0.2, -0.15) is 0 Å². The van der Waals surface area contributed by atoms with Crippen molar-refractivity contribution in [3.63, 3.8) is 0 Å². The van der Waals surface area contributed by atoms with Crippen LogP contribution in [0.5, 0.6) is 0 Å². The molecular formula is C15H16N4O. The number of nitrogen functional groups attached to an aromatic ring is 1. The van der Waals surface area contributed by atoms with Crippen molar-refractivity contribution in [3.05, 3.63) is 47.2 Å². The standard InChI is InChI=1S/C15H16N4O/c16-10-4-2-5-11(8-10)18-15-12(14(17)20)7-9-3-1-6-13(9)19-15/h2,4-5,7-8H,1,3,6,16H2,(H2,17,20)(H,18,19). The van der Waals surface area contributed by atoms with E-state index in [-0.39, 0.29) is 0 Å². The Balaban J connectivity index is 2.01. The molecule has 1 aromatic heterocycles. The molecule has 0 unspecified atom stereocenters. The molecule has 0 saturated heterocycles. The van der Waals surface area contributed by atoms with Crippen LogP contribution in [0, 0.1) is 0 Å². The van der Waals surface area contributed by atoms with Crippen molar-refractivity contribution in [2.45, 2.75) is 19.3 Å². The highest BCUT2D eigenvalue weighted by Crippen LogP contribution is 2.27. The summed E-state index contributed by atoms with van der Waals surface area (Å²) in [5.74, 6) is 0.0300. The molecule has 0 bridgehead atoms. The Morgan fingerprint density at radius 3 is 2.85 bits per heavy atom. The molecule has 0 aliphatic heterocycles. The van der Waals surface area contributed by atoms with Crippen LogP contribution in [-0.2, 0) is 12.8 Å². The monoisotopic (exact) mass is 268 g/mol. The van der Waals surface area contributed by atoms with Gasteiger partial charge in [0.2, 0.25) is 0 Å². The number of rotatable bonds is 3. The van der Waals surface area contributed by atoms with E-state index in [1.165, 1.54) is 0 Å². The van der Waals surface area contributed by atoms with E-state index in [9.17, 15) is 4.79 Å². The third-order valence-corrected chi connectivity index (χ3v) is 3.47. The van der Waals surface area contributed by atoms with Gasteiger partial charge in [0, 0.05) is 17.1 Å². The van der Waals surface area contributed by atoms with Gasteiger partial charge in [-0.05, 0) is 49.1 Å². The number of anilines is 3. The second-order valence-corrected chi connectivity index (χ2v) is 4.96. The number of pyridine rings is 1. The summed E-state index contributed by atoms with van der Waals surface area (Å²) in [5.41, 5.74) is 15.2. The summed E-state index contributed by atoms with van der Waals surface area (Å²) >= 11 is 0. The minimum absolute atomic E-state index is 0.424. The largest absolute Gasteiger partial charge is 0.399 e. The third-order valence-electron chi connectivity index (χ3n) is 3.47. The lowest BCUT2D eigenvalue weighted by Crippen LogP contribution is -2.15. The molecule has 0 fully saturated rings. The van der Waals surface area contributed by atoms with Crippen molar-refractivity contribution in [3.8, 4) is 0 Å². The summed E-state index contributed by atoms with van der Waals surface area (Å²) < 4.78 is 0. The van der Waals surface area contributed by atoms with E-state index in [1.54, 1.807) is 12.1 Å². The predicted octanol–water partition coefficient (Wildman–Crippen LogP) is 2.00. The van der Waals surface area contributed by atoms with Gasteiger partial charge < -0.3 is 16.8 Å². The maximum Gasteiger partial charge on any atom is 0.252 e. The first-order chi connectivity index (χ1) is 9.63. The van der Waals surface area contributed by atoms with Crippen LogP contribution >= 0.6 is 0 Å². The maximum atomic E-state index is 11.6. The van der Waals surface area contributed by atoms with Crippen molar-refractivity contribution >= 4 is 23.1 Å². The highest BCUT2D eigenvalue weighted by Gasteiger charge is 2.19. The number of aromatic nitrogens is 1. The van der Waals surface area contributed by atoms with Crippen molar-refractivity contribution in [1.29, 1.82) is 0 Å². The molecule has 1 amide bonds. The summed E-state index contributed by atoms with van der Waals surface area (Å²) in [6.45, 7) is 0. The van der Waals surface area contributed by atoms with Crippen LogP contribution < -0.4 is 16.8 Å². The molecule has 5 heteroatoms. The number of carbonyl (C=O) groups excluding carboxylic acids is 1. The molecule has 5 N–H and O–H groups in total. The average Bonchev–Trinajstić information content (AvgIpc) is 2.84. The molecule has 1 aromatic carbocycles. The molecule has 1 heterocycles. The van der Waals surface area contributed by atoms with Crippen LogP contribution in [0.3, 0.4) is 0 Å². The van der Waals surface area contributed by atoms with Gasteiger partial charge >= 0.3 is 0 Å². The number of nitrogens with two attached hydrogens (primary N) is 2. The zero-order valence-corrected chi connectivity index (χ0v) is 11.0. The number of hydrogen-bond acceptors (Lipinski definition) is 4. The summed E-state index contributed by atoms with van der Waals surface area (Å²) in [5, 5.41) is 3.13. The molecular weight excluding hydrogens is 252 g/mol. The van der Waals surface area contributed by atoms with Gasteiger partial charge in [-0.1, -0.05) is 6.07 Å². The zero-order valence-electron chi connectivity index (χ0n) is 11.0. The normalized spacial score (nSPS) is 13.0. The molecule has 20 heavy (non-hydrogen) atoms. The predicted molar refractivity (Wildman–Crippen MR) is 78.9 cm³/mol. The average molecular weight is 268 g/mol. The first-order valence-electron chi connectivity index (χ1n) is 6.58. The maximum absolute atomic E-state index is 11.6. The highest BCUT2D eigenvalue weighted by molar-refractivity contribution is 5.98. The van der Waals surface area contributed by atoms with Gasteiger partial charge in [-0.25, -0.2) is 4.98 Å². The molecule has 2 aromatic rings. The fourth-order valence-corrected chi connectivity index (χ4v) is 2.51. The number of benzene rings is 1. The summed E-state index contributed by atoms with van der Waals surface area (Å²) in [6, 6.07) is 9.16. The first kappa shape index (κ1) is 12.5. The van der Waals surface area contributed by atoms with Gasteiger partial charge in [-0.3, -0.25) is 4.79 Å². The number of hydrogen-bond donors (Lipinski definition) is 3.